The minimum absolute atomic E-state index is 0.000975. The number of fused-ring (bicyclic) bond motifs is 1. The molecule has 0 spiro atoms. The summed E-state index contributed by atoms with van der Waals surface area (Å²) in [5.74, 6) is -2.77. The van der Waals surface area contributed by atoms with Crippen molar-refractivity contribution in [2.75, 3.05) is 19.7 Å². The van der Waals surface area contributed by atoms with Gasteiger partial charge in [-0.25, -0.2) is 4.79 Å². The highest BCUT2D eigenvalue weighted by molar-refractivity contribution is 6.24. The van der Waals surface area contributed by atoms with E-state index in [0.29, 0.717) is 13.1 Å². The fraction of sp³-hybridized carbons (Fsp3) is 0.400. The second-order valence-corrected chi connectivity index (χ2v) is 10.0. The van der Waals surface area contributed by atoms with E-state index in [1.165, 1.54) is 18.2 Å². The Morgan fingerprint density at radius 1 is 0.857 bits per heavy atom. The number of hydrogen-bond acceptors (Lipinski definition) is 8. The van der Waals surface area contributed by atoms with Crippen molar-refractivity contribution < 1.29 is 38.2 Å². The van der Waals surface area contributed by atoms with Gasteiger partial charge in [-0.1, -0.05) is 55.7 Å². The number of amides is 6. The molecule has 2 aliphatic rings. The van der Waals surface area contributed by atoms with Crippen LogP contribution in [0, 0.1) is 0 Å². The van der Waals surface area contributed by atoms with E-state index in [0.717, 1.165) is 42.6 Å². The molecular formula is C30H34N4O8. The highest BCUT2D eigenvalue weighted by Gasteiger charge is 2.46. The molecule has 0 aliphatic carbocycles. The highest BCUT2D eigenvalue weighted by atomic mass is 16.5. The average Bonchev–Trinajstić information content (AvgIpc) is 3.24. The van der Waals surface area contributed by atoms with E-state index in [1.54, 1.807) is 0 Å². The van der Waals surface area contributed by atoms with Crippen molar-refractivity contribution in [2.45, 2.75) is 57.6 Å². The first-order chi connectivity index (χ1) is 20.3. The first-order valence-corrected chi connectivity index (χ1v) is 14.0. The van der Waals surface area contributed by atoms with E-state index in [4.69, 9.17) is 9.47 Å². The van der Waals surface area contributed by atoms with Crippen LogP contribution in [0.5, 0.6) is 5.75 Å². The smallest absolute Gasteiger partial charge is 0.407 e. The fourth-order valence-corrected chi connectivity index (χ4v) is 4.77. The zero-order chi connectivity index (χ0) is 29.9. The molecule has 0 aromatic heterocycles. The summed E-state index contributed by atoms with van der Waals surface area (Å²) in [5, 5.41) is 7.66. The van der Waals surface area contributed by atoms with E-state index < -0.39 is 35.8 Å². The molecule has 12 heteroatoms. The number of alkyl carbamates (subject to hydrolysis) is 1. The maximum atomic E-state index is 13.1. The van der Waals surface area contributed by atoms with E-state index in [9.17, 15) is 28.8 Å². The molecule has 1 saturated heterocycles. The Morgan fingerprint density at radius 2 is 1.57 bits per heavy atom. The molecular weight excluding hydrogens is 544 g/mol. The Balaban J connectivity index is 1.09. The topological polar surface area (TPSA) is 160 Å². The summed E-state index contributed by atoms with van der Waals surface area (Å²) < 4.78 is 10.7. The Hall–Kier alpha value is -4.74. The molecule has 2 aromatic rings. The van der Waals surface area contributed by atoms with Gasteiger partial charge in [0.2, 0.25) is 11.8 Å². The molecule has 1 fully saturated rings. The summed E-state index contributed by atoms with van der Waals surface area (Å²) in [6.07, 6.45) is 4.01. The van der Waals surface area contributed by atoms with Crippen LogP contribution >= 0.6 is 0 Å². The standard InChI is InChI=1S/C30H34N4O8/c35-24-15-14-22(27(37)33-24)34-28(38)21-12-9-13-23(26(21)29(34)39)41-19-25(36)31-16-7-2-1-3-8-17-32-30(40)42-18-20-10-5-4-6-11-20/h4-6,9-13,22H,1-3,7-8,14-19H2,(H,31,36)(H,32,40)(H,33,35,37). The van der Waals surface area contributed by atoms with E-state index in [2.05, 4.69) is 16.0 Å². The average molecular weight is 579 g/mol. The number of nitrogens with zero attached hydrogens (tertiary/aromatic N) is 1. The predicted octanol–water partition coefficient (Wildman–Crippen LogP) is 2.46. The lowest BCUT2D eigenvalue weighted by Crippen LogP contribution is -2.54. The number of ether oxygens (including phenoxy) is 2. The van der Waals surface area contributed by atoms with E-state index >= 15 is 0 Å². The number of carbonyl (C=O) groups excluding carboxylic acids is 6. The van der Waals surface area contributed by atoms with Gasteiger partial charge in [-0.2, -0.15) is 0 Å². The van der Waals surface area contributed by atoms with Crippen LogP contribution in [0.15, 0.2) is 48.5 Å². The molecule has 12 nitrogen and oxygen atoms in total. The highest BCUT2D eigenvalue weighted by Crippen LogP contribution is 2.33. The quantitative estimate of drug-likeness (QED) is 0.228. The van der Waals surface area contributed by atoms with Gasteiger partial charge in [0.25, 0.3) is 17.7 Å². The van der Waals surface area contributed by atoms with Gasteiger partial charge in [0.15, 0.2) is 6.61 Å². The maximum Gasteiger partial charge on any atom is 0.407 e. The van der Waals surface area contributed by atoms with Crippen LogP contribution in [0.1, 0.15) is 71.2 Å². The summed E-state index contributed by atoms with van der Waals surface area (Å²) in [4.78, 5) is 74.6. The first-order valence-electron chi connectivity index (χ1n) is 14.0. The van der Waals surface area contributed by atoms with Crippen molar-refractivity contribution in [3.63, 3.8) is 0 Å². The number of piperidine rings is 1. The first kappa shape index (κ1) is 30.2. The van der Waals surface area contributed by atoms with Gasteiger partial charge in [0.05, 0.1) is 11.1 Å². The molecule has 0 bridgehead atoms. The van der Waals surface area contributed by atoms with Crippen LogP contribution in [0.3, 0.4) is 0 Å². The number of imide groups is 2. The molecule has 6 amide bonds. The van der Waals surface area contributed by atoms with Crippen molar-refractivity contribution in [2.24, 2.45) is 0 Å². The van der Waals surface area contributed by atoms with Gasteiger partial charge in [-0.3, -0.25) is 34.2 Å². The van der Waals surface area contributed by atoms with Gasteiger partial charge in [0, 0.05) is 19.5 Å². The zero-order valence-electron chi connectivity index (χ0n) is 23.2. The third-order valence-electron chi connectivity index (χ3n) is 6.95. The Bertz CT molecular complexity index is 1330. The molecule has 222 valence electrons. The normalized spacial score (nSPS) is 16.1. The fourth-order valence-electron chi connectivity index (χ4n) is 4.77. The third kappa shape index (κ3) is 7.93. The molecule has 2 heterocycles. The molecule has 2 aliphatic heterocycles. The lowest BCUT2D eigenvalue weighted by Gasteiger charge is -2.27. The van der Waals surface area contributed by atoms with Gasteiger partial charge in [0.1, 0.15) is 18.4 Å². The van der Waals surface area contributed by atoms with Crippen molar-refractivity contribution in [3.8, 4) is 5.75 Å². The monoisotopic (exact) mass is 578 g/mol. The number of carbonyl (C=O) groups is 6. The van der Waals surface area contributed by atoms with Gasteiger partial charge < -0.3 is 20.1 Å². The van der Waals surface area contributed by atoms with Crippen molar-refractivity contribution >= 4 is 35.6 Å². The Morgan fingerprint density at radius 3 is 2.31 bits per heavy atom. The lowest BCUT2D eigenvalue weighted by molar-refractivity contribution is -0.136. The molecule has 42 heavy (non-hydrogen) atoms. The summed E-state index contributed by atoms with van der Waals surface area (Å²) >= 11 is 0. The van der Waals surface area contributed by atoms with Crippen molar-refractivity contribution in [1.29, 1.82) is 0 Å². The van der Waals surface area contributed by atoms with Crippen LogP contribution in [0.4, 0.5) is 4.79 Å². The number of unbranched alkanes of at least 4 members (excludes halogenated alkanes) is 4. The molecule has 4 rings (SSSR count). The molecule has 1 atom stereocenters. The predicted molar refractivity (Wildman–Crippen MR) is 149 cm³/mol. The largest absolute Gasteiger partial charge is 0.483 e. The van der Waals surface area contributed by atoms with Gasteiger partial charge >= 0.3 is 6.09 Å². The zero-order valence-corrected chi connectivity index (χ0v) is 23.2. The van der Waals surface area contributed by atoms with Crippen LogP contribution in [-0.2, 0) is 25.7 Å². The number of nitrogens with one attached hydrogen (secondary N) is 3. The van der Waals surface area contributed by atoms with Crippen LogP contribution in [0.25, 0.3) is 0 Å². The van der Waals surface area contributed by atoms with Crippen molar-refractivity contribution in [3.05, 3.63) is 65.2 Å². The van der Waals surface area contributed by atoms with Gasteiger partial charge in [-0.15, -0.1) is 0 Å². The molecule has 0 radical (unpaired) electrons. The van der Waals surface area contributed by atoms with E-state index in [-0.39, 0.29) is 48.8 Å². The third-order valence-corrected chi connectivity index (χ3v) is 6.95. The summed E-state index contributed by atoms with van der Waals surface area (Å²) in [6, 6.07) is 12.9. The maximum absolute atomic E-state index is 13.1. The Kier molecular flexibility index (Phi) is 10.6. The number of benzene rings is 2. The lowest BCUT2D eigenvalue weighted by atomic mass is 10.0. The minimum Gasteiger partial charge on any atom is -0.483 e. The summed E-state index contributed by atoms with van der Waals surface area (Å²) in [6.45, 7) is 0.879. The second-order valence-electron chi connectivity index (χ2n) is 10.0. The SMILES string of the molecule is O=C(COc1cccc2c1C(=O)N(C1CCC(=O)NC1=O)C2=O)NCCCCCCCNC(=O)OCc1ccccc1. The molecule has 3 N–H and O–H groups in total. The second kappa shape index (κ2) is 14.8. The number of rotatable bonds is 14. The minimum atomic E-state index is -1.08. The van der Waals surface area contributed by atoms with Crippen molar-refractivity contribution in [1.82, 2.24) is 20.9 Å². The van der Waals surface area contributed by atoms with E-state index in [1.807, 2.05) is 30.3 Å². The van der Waals surface area contributed by atoms with Gasteiger partial charge in [-0.05, 0) is 37.0 Å². The van der Waals surface area contributed by atoms with Crippen LogP contribution in [-0.4, -0.2) is 66.3 Å². The van der Waals surface area contributed by atoms with Crippen LogP contribution in [0.2, 0.25) is 0 Å². The molecule has 1 unspecified atom stereocenters. The Labute approximate surface area is 243 Å². The number of hydrogen-bond donors (Lipinski definition) is 3. The molecule has 2 aromatic carbocycles. The summed E-state index contributed by atoms with van der Waals surface area (Å²) in [5.41, 5.74) is 1.01. The summed E-state index contributed by atoms with van der Waals surface area (Å²) in [7, 11) is 0. The molecule has 0 saturated carbocycles. The van der Waals surface area contributed by atoms with Crippen LogP contribution < -0.4 is 20.7 Å².